The molecule has 3 N–H and O–H groups in total. The zero-order valence-electron chi connectivity index (χ0n) is 13.3. The summed E-state index contributed by atoms with van der Waals surface area (Å²) in [6, 6.07) is 3.58. The number of nitrogens with two attached hydrogens (primary N) is 1. The quantitative estimate of drug-likeness (QED) is 0.474. The van der Waals surface area contributed by atoms with E-state index in [0.717, 1.165) is 30.4 Å². The summed E-state index contributed by atoms with van der Waals surface area (Å²) in [5.74, 6) is 0.00675. The molecular formula is C18H23NO3. The molecule has 2 aliphatic carbocycles. The first-order valence-electron chi connectivity index (χ1n) is 7.72. The van der Waals surface area contributed by atoms with Crippen LogP contribution in [0.5, 0.6) is 5.75 Å². The highest BCUT2D eigenvalue weighted by Gasteiger charge is 2.54. The number of hydrogen-bond donors (Lipinski definition) is 2. The van der Waals surface area contributed by atoms with Crippen LogP contribution in [0.2, 0.25) is 0 Å². The van der Waals surface area contributed by atoms with Gasteiger partial charge in [0.25, 0.3) is 0 Å². The number of carbonyl (C=O) groups excluding carboxylic acids is 1. The maximum atomic E-state index is 12.4. The number of rotatable bonds is 1. The van der Waals surface area contributed by atoms with Crippen LogP contribution in [0.15, 0.2) is 18.2 Å². The van der Waals surface area contributed by atoms with E-state index in [9.17, 15) is 9.90 Å². The topological polar surface area (TPSA) is 72.5 Å². The fraction of sp³-hybridized carbons (Fsp3) is 0.500. The molecule has 0 radical (unpaired) electrons. The average molecular weight is 301 g/mol. The van der Waals surface area contributed by atoms with E-state index in [2.05, 4.69) is 13.0 Å². The van der Waals surface area contributed by atoms with Gasteiger partial charge in [0, 0.05) is 11.3 Å². The molecule has 22 heavy (non-hydrogen) atoms. The number of aromatic hydroxyl groups is 1. The number of fused-ring (bicyclic) bond motifs is 3. The van der Waals surface area contributed by atoms with Gasteiger partial charge in [0.2, 0.25) is 0 Å². The van der Waals surface area contributed by atoms with Crippen molar-refractivity contribution in [3.05, 3.63) is 29.3 Å². The van der Waals surface area contributed by atoms with Crippen molar-refractivity contribution in [1.29, 1.82) is 0 Å². The minimum atomic E-state index is -0.535. The predicted octanol–water partition coefficient (Wildman–Crippen LogP) is 3.24. The lowest BCUT2D eigenvalue weighted by atomic mass is 9.51. The highest BCUT2D eigenvalue weighted by atomic mass is 16.5. The van der Waals surface area contributed by atoms with E-state index in [1.807, 2.05) is 19.1 Å². The largest absolute Gasteiger partial charge is 0.506 e. The summed E-state index contributed by atoms with van der Waals surface area (Å²) in [6.07, 6.45) is 6.89. The normalized spacial score (nSPS) is 33.0. The van der Waals surface area contributed by atoms with Crippen molar-refractivity contribution in [3.63, 3.8) is 0 Å². The summed E-state index contributed by atoms with van der Waals surface area (Å²) in [4.78, 5) is 12.4. The highest BCUT2D eigenvalue weighted by Crippen LogP contribution is 2.57. The summed E-state index contributed by atoms with van der Waals surface area (Å²) in [7, 11) is 1.45. The molecule has 1 saturated carbocycles. The fourth-order valence-electron chi connectivity index (χ4n) is 4.48. The third-order valence-corrected chi connectivity index (χ3v) is 5.70. The highest BCUT2D eigenvalue weighted by molar-refractivity contribution is 5.79. The molecule has 4 nitrogen and oxygen atoms in total. The Hall–Kier alpha value is -1.97. The van der Waals surface area contributed by atoms with Crippen LogP contribution in [0.1, 0.15) is 44.2 Å². The van der Waals surface area contributed by atoms with E-state index in [0.29, 0.717) is 5.69 Å². The van der Waals surface area contributed by atoms with E-state index in [1.165, 1.54) is 7.11 Å². The monoisotopic (exact) mass is 301 g/mol. The second-order valence-electron chi connectivity index (χ2n) is 7.02. The van der Waals surface area contributed by atoms with Crippen molar-refractivity contribution in [1.82, 2.24) is 0 Å². The zero-order valence-corrected chi connectivity index (χ0v) is 13.3. The second-order valence-corrected chi connectivity index (χ2v) is 7.02. The number of phenols is 1. The molecular weight excluding hydrogens is 278 g/mol. The van der Waals surface area contributed by atoms with Crippen LogP contribution in [-0.2, 0) is 14.9 Å². The molecule has 1 aromatic rings. The third kappa shape index (κ3) is 1.86. The van der Waals surface area contributed by atoms with Gasteiger partial charge >= 0.3 is 5.97 Å². The van der Waals surface area contributed by atoms with Crippen molar-refractivity contribution in [2.45, 2.75) is 38.5 Å². The molecule has 0 heterocycles. The van der Waals surface area contributed by atoms with Gasteiger partial charge in [-0.15, -0.1) is 0 Å². The first kappa shape index (κ1) is 14.9. The van der Waals surface area contributed by atoms with E-state index < -0.39 is 5.41 Å². The molecule has 1 aromatic carbocycles. The van der Waals surface area contributed by atoms with E-state index >= 15 is 0 Å². The van der Waals surface area contributed by atoms with Gasteiger partial charge in [-0.1, -0.05) is 25.5 Å². The van der Waals surface area contributed by atoms with Gasteiger partial charge in [0.05, 0.1) is 18.2 Å². The molecule has 0 aromatic heterocycles. The number of allylic oxidation sites excluding steroid dienone is 1. The van der Waals surface area contributed by atoms with E-state index in [-0.39, 0.29) is 23.1 Å². The van der Waals surface area contributed by atoms with Crippen LogP contribution in [0.3, 0.4) is 0 Å². The Labute approximate surface area is 131 Å². The summed E-state index contributed by atoms with van der Waals surface area (Å²) in [5, 5.41) is 10.0. The number of ether oxygens (including phenoxy) is 1. The summed E-state index contributed by atoms with van der Waals surface area (Å²) < 4.78 is 5.08. The zero-order chi connectivity index (χ0) is 16.1. The van der Waals surface area contributed by atoms with Crippen molar-refractivity contribution in [3.8, 4) is 5.75 Å². The van der Waals surface area contributed by atoms with Crippen molar-refractivity contribution in [2.24, 2.45) is 11.3 Å². The molecule has 118 valence electrons. The lowest BCUT2D eigenvalue weighted by Gasteiger charge is -2.51. The Kier molecular flexibility index (Phi) is 3.24. The number of benzene rings is 1. The molecule has 1 fully saturated rings. The summed E-state index contributed by atoms with van der Waals surface area (Å²) in [6.45, 7) is 4.17. The van der Waals surface area contributed by atoms with Gasteiger partial charge < -0.3 is 15.6 Å². The lowest BCUT2D eigenvalue weighted by Crippen LogP contribution is -2.50. The molecule has 0 saturated heterocycles. The minimum Gasteiger partial charge on any atom is -0.506 e. The first-order chi connectivity index (χ1) is 10.3. The Bertz CT molecular complexity index is 667. The van der Waals surface area contributed by atoms with E-state index in [4.69, 9.17) is 10.5 Å². The first-order valence-corrected chi connectivity index (χ1v) is 7.72. The molecule has 0 unspecified atom stereocenters. The molecule has 0 amide bonds. The molecule has 4 heteroatoms. The van der Waals surface area contributed by atoms with Gasteiger partial charge in [-0.05, 0) is 43.0 Å². The lowest BCUT2D eigenvalue weighted by molar-refractivity contribution is -0.158. The van der Waals surface area contributed by atoms with Crippen molar-refractivity contribution >= 4 is 17.7 Å². The minimum absolute atomic E-state index is 0.0525. The number of nitrogen functional groups attached to an aromatic ring is 1. The fourth-order valence-corrected chi connectivity index (χ4v) is 4.48. The Balaban J connectivity index is 2.16. The van der Waals surface area contributed by atoms with Crippen molar-refractivity contribution in [2.75, 3.05) is 12.8 Å². The molecule has 3 atom stereocenters. The summed E-state index contributed by atoms with van der Waals surface area (Å²) >= 11 is 0. The number of esters is 1. The van der Waals surface area contributed by atoms with Crippen LogP contribution in [0.4, 0.5) is 5.69 Å². The number of phenolic OH excluding ortho intramolecular Hbond substituents is 1. The number of anilines is 1. The van der Waals surface area contributed by atoms with Crippen LogP contribution >= 0.6 is 0 Å². The molecule has 0 aliphatic heterocycles. The average Bonchev–Trinajstić information content (AvgIpc) is 2.48. The standard InChI is InChI=1S/C18H23NO3/c1-17-7-4-8-18(2,16(21)22-3)15(17)6-5-11-9-13(19)14(20)10-12(11)17/h5-6,9-10,15,20H,4,7-8,19H2,1-3H3/t15-,17-,18+/m1/s1. The molecule has 0 spiro atoms. The van der Waals surface area contributed by atoms with Crippen LogP contribution < -0.4 is 5.73 Å². The second kappa shape index (κ2) is 4.77. The van der Waals surface area contributed by atoms with Crippen LogP contribution in [-0.4, -0.2) is 18.2 Å². The summed E-state index contributed by atoms with van der Waals surface area (Å²) in [5.41, 5.74) is 7.58. The van der Waals surface area contributed by atoms with Crippen LogP contribution in [0, 0.1) is 11.3 Å². The van der Waals surface area contributed by atoms with Gasteiger partial charge in [0.15, 0.2) is 0 Å². The Morgan fingerprint density at radius 2 is 2.09 bits per heavy atom. The molecule has 0 bridgehead atoms. The van der Waals surface area contributed by atoms with Gasteiger partial charge in [-0.25, -0.2) is 0 Å². The van der Waals surface area contributed by atoms with Crippen molar-refractivity contribution < 1.29 is 14.6 Å². The Morgan fingerprint density at radius 1 is 1.36 bits per heavy atom. The number of methoxy groups -OCH3 is 1. The smallest absolute Gasteiger partial charge is 0.312 e. The van der Waals surface area contributed by atoms with Gasteiger partial charge in [-0.2, -0.15) is 0 Å². The molecule has 2 aliphatic rings. The predicted molar refractivity (Wildman–Crippen MR) is 86.4 cm³/mol. The Morgan fingerprint density at radius 3 is 2.77 bits per heavy atom. The maximum Gasteiger partial charge on any atom is 0.312 e. The number of hydrogen-bond acceptors (Lipinski definition) is 4. The van der Waals surface area contributed by atoms with E-state index in [1.54, 1.807) is 6.07 Å². The van der Waals surface area contributed by atoms with Gasteiger partial charge in [0.1, 0.15) is 5.75 Å². The van der Waals surface area contributed by atoms with Gasteiger partial charge in [-0.3, -0.25) is 4.79 Å². The molecule has 3 rings (SSSR count). The SMILES string of the molecule is COC(=O)[C@@]1(C)CCC[C@]2(C)c3cc(O)c(N)cc3C=C[C@@H]12. The van der Waals surface area contributed by atoms with Crippen LogP contribution in [0.25, 0.3) is 6.08 Å². The number of carbonyl (C=O) groups is 1. The maximum absolute atomic E-state index is 12.4. The third-order valence-electron chi connectivity index (χ3n) is 5.70.